The van der Waals surface area contributed by atoms with Crippen molar-refractivity contribution < 1.29 is 0 Å². The summed E-state index contributed by atoms with van der Waals surface area (Å²) in [5.74, 6) is 0. The molecule has 1 heteroatoms. The third-order valence-corrected chi connectivity index (χ3v) is 3.76. The molecule has 0 unspecified atom stereocenters. The van der Waals surface area contributed by atoms with Crippen molar-refractivity contribution in [1.82, 2.24) is 0 Å². The van der Waals surface area contributed by atoms with E-state index in [4.69, 9.17) is 0 Å². The van der Waals surface area contributed by atoms with E-state index in [0.717, 1.165) is 0 Å². The zero-order valence-electron chi connectivity index (χ0n) is 14.1. The highest BCUT2D eigenvalue weighted by atomic mass is 127. The van der Waals surface area contributed by atoms with Gasteiger partial charge in [-0.3, -0.25) is 0 Å². The predicted octanol–water partition coefficient (Wildman–Crippen LogP) is 6.71. The quantitative estimate of drug-likeness (QED) is 0.442. The molecule has 112 valence electrons. The Kier molecular flexibility index (Phi) is 10.1. The van der Waals surface area contributed by atoms with E-state index in [1.807, 2.05) is 27.7 Å². The molecule has 0 amide bonds. The zero-order valence-corrected chi connectivity index (χ0v) is 16.5. The summed E-state index contributed by atoms with van der Waals surface area (Å²) < 4.78 is 0. The molecule has 0 saturated heterocycles. The Balaban J connectivity index is 0. The highest BCUT2D eigenvalue weighted by molar-refractivity contribution is 14.0. The maximum absolute atomic E-state index is 2.36. The summed E-state index contributed by atoms with van der Waals surface area (Å²) in [5.41, 5.74) is 3.84. The maximum atomic E-state index is 2.36. The molecule has 0 atom stereocenters. The second-order valence-corrected chi connectivity index (χ2v) is 5.81. The number of halogens is 1. The molecule has 0 spiro atoms. The van der Waals surface area contributed by atoms with E-state index in [2.05, 4.69) is 52.0 Å². The lowest BCUT2D eigenvalue weighted by Gasteiger charge is -2.41. The fraction of sp³-hybridized carbons (Fsp3) is 0.667. The van der Waals surface area contributed by atoms with Crippen molar-refractivity contribution in [3.05, 3.63) is 35.4 Å². The molecular formula is C18H33I. The van der Waals surface area contributed by atoms with Crippen LogP contribution in [-0.2, 0) is 10.8 Å². The van der Waals surface area contributed by atoms with Crippen LogP contribution < -0.4 is 0 Å². The van der Waals surface area contributed by atoms with Gasteiger partial charge in [-0.15, -0.1) is 24.0 Å². The fourth-order valence-electron chi connectivity index (χ4n) is 2.56. The molecule has 1 aromatic rings. The topological polar surface area (TPSA) is 0 Å². The second-order valence-electron chi connectivity index (χ2n) is 5.81. The van der Waals surface area contributed by atoms with Gasteiger partial charge in [0.15, 0.2) is 0 Å². The summed E-state index contributed by atoms with van der Waals surface area (Å²) in [7, 11) is 0. The highest BCUT2D eigenvalue weighted by Crippen LogP contribution is 2.45. The maximum Gasteiger partial charge on any atom is -0.0100 e. The minimum atomic E-state index is 0. The van der Waals surface area contributed by atoms with Crippen LogP contribution in [0, 0.1) is 0 Å². The van der Waals surface area contributed by atoms with E-state index in [1.54, 1.807) is 11.1 Å². The van der Waals surface area contributed by atoms with Crippen molar-refractivity contribution in [3.8, 4) is 0 Å². The van der Waals surface area contributed by atoms with Gasteiger partial charge in [0.25, 0.3) is 0 Å². The SMILES string of the molecule is CC.CC.CC1(C)CCC(C)(C)c2ccccc21.I. The molecule has 0 radical (unpaired) electrons. The van der Waals surface area contributed by atoms with Gasteiger partial charge in [0.05, 0.1) is 0 Å². The van der Waals surface area contributed by atoms with Crippen molar-refractivity contribution in [2.75, 3.05) is 0 Å². The van der Waals surface area contributed by atoms with Gasteiger partial charge in [0.2, 0.25) is 0 Å². The van der Waals surface area contributed by atoms with E-state index in [9.17, 15) is 0 Å². The van der Waals surface area contributed by atoms with Crippen molar-refractivity contribution in [2.45, 2.75) is 79.1 Å². The normalized spacial score (nSPS) is 17.5. The first-order valence-corrected chi connectivity index (χ1v) is 7.53. The molecular weight excluding hydrogens is 343 g/mol. The van der Waals surface area contributed by atoms with E-state index in [0.29, 0.717) is 10.8 Å². The molecule has 1 aliphatic rings. The van der Waals surface area contributed by atoms with Crippen LogP contribution in [-0.4, -0.2) is 0 Å². The summed E-state index contributed by atoms with van der Waals surface area (Å²) in [6.45, 7) is 17.4. The molecule has 0 heterocycles. The summed E-state index contributed by atoms with van der Waals surface area (Å²) in [6.07, 6.45) is 2.61. The lowest BCUT2D eigenvalue weighted by Crippen LogP contribution is -2.33. The average molecular weight is 376 g/mol. The van der Waals surface area contributed by atoms with E-state index in [1.165, 1.54) is 12.8 Å². The van der Waals surface area contributed by atoms with Crippen molar-refractivity contribution in [2.24, 2.45) is 0 Å². The van der Waals surface area contributed by atoms with Gasteiger partial charge in [0, 0.05) is 0 Å². The number of benzene rings is 1. The number of rotatable bonds is 0. The van der Waals surface area contributed by atoms with Gasteiger partial charge in [-0.05, 0) is 34.8 Å². The van der Waals surface area contributed by atoms with Gasteiger partial charge in [-0.1, -0.05) is 79.7 Å². The molecule has 0 nitrogen and oxygen atoms in total. The van der Waals surface area contributed by atoms with Crippen LogP contribution in [0.4, 0.5) is 0 Å². The molecule has 0 aliphatic heterocycles. The van der Waals surface area contributed by atoms with Crippen LogP contribution in [0.5, 0.6) is 0 Å². The van der Waals surface area contributed by atoms with Crippen molar-refractivity contribution >= 4 is 24.0 Å². The minimum Gasteiger partial charge on any atom is -0.107 e. The number of fused-ring (bicyclic) bond motifs is 1. The first-order valence-electron chi connectivity index (χ1n) is 7.53. The third-order valence-electron chi connectivity index (χ3n) is 3.76. The lowest BCUT2D eigenvalue weighted by molar-refractivity contribution is 0.332. The predicted molar refractivity (Wildman–Crippen MR) is 99.8 cm³/mol. The van der Waals surface area contributed by atoms with Gasteiger partial charge >= 0.3 is 0 Å². The minimum absolute atomic E-state index is 0. The Morgan fingerprint density at radius 2 is 0.947 bits per heavy atom. The van der Waals surface area contributed by atoms with E-state index in [-0.39, 0.29) is 24.0 Å². The van der Waals surface area contributed by atoms with Crippen LogP contribution in [0.25, 0.3) is 0 Å². The van der Waals surface area contributed by atoms with Crippen LogP contribution >= 0.6 is 24.0 Å². The monoisotopic (exact) mass is 376 g/mol. The van der Waals surface area contributed by atoms with E-state index >= 15 is 0 Å². The molecule has 1 aliphatic carbocycles. The highest BCUT2D eigenvalue weighted by Gasteiger charge is 2.36. The molecule has 0 bridgehead atoms. The van der Waals surface area contributed by atoms with E-state index < -0.39 is 0 Å². The van der Waals surface area contributed by atoms with Gasteiger partial charge < -0.3 is 0 Å². The Morgan fingerprint density at radius 3 is 1.21 bits per heavy atom. The summed E-state index contributed by atoms with van der Waals surface area (Å²) in [5, 5.41) is 0. The van der Waals surface area contributed by atoms with Crippen LogP contribution in [0.15, 0.2) is 24.3 Å². The Morgan fingerprint density at radius 1 is 0.684 bits per heavy atom. The molecule has 0 N–H and O–H groups in total. The molecule has 19 heavy (non-hydrogen) atoms. The number of hydrogen-bond donors (Lipinski definition) is 0. The molecule has 1 aromatic carbocycles. The second kappa shape index (κ2) is 8.99. The van der Waals surface area contributed by atoms with Gasteiger partial charge in [-0.2, -0.15) is 0 Å². The number of hydrogen-bond acceptors (Lipinski definition) is 0. The molecule has 0 aromatic heterocycles. The summed E-state index contributed by atoms with van der Waals surface area (Å²) in [6, 6.07) is 8.94. The first kappa shape index (κ1) is 21.3. The molecule has 0 saturated carbocycles. The Bertz CT molecular complexity index is 315. The smallest absolute Gasteiger partial charge is 0.0100 e. The third kappa shape index (κ3) is 5.09. The Labute approximate surface area is 138 Å². The Hall–Kier alpha value is -0.0500. The van der Waals surface area contributed by atoms with Crippen LogP contribution in [0.1, 0.15) is 79.4 Å². The average Bonchev–Trinajstić information content (AvgIpc) is 2.40. The van der Waals surface area contributed by atoms with Gasteiger partial charge in [-0.25, -0.2) is 0 Å². The van der Waals surface area contributed by atoms with Crippen molar-refractivity contribution in [3.63, 3.8) is 0 Å². The molecule has 2 rings (SSSR count). The molecule has 0 fully saturated rings. The first-order chi connectivity index (χ1) is 8.43. The van der Waals surface area contributed by atoms with Crippen LogP contribution in [0.3, 0.4) is 0 Å². The zero-order chi connectivity index (χ0) is 14.4. The summed E-state index contributed by atoms with van der Waals surface area (Å²) >= 11 is 0. The fourth-order valence-corrected chi connectivity index (χ4v) is 2.56. The van der Waals surface area contributed by atoms with Crippen molar-refractivity contribution in [1.29, 1.82) is 0 Å². The summed E-state index contributed by atoms with van der Waals surface area (Å²) in [4.78, 5) is 0. The largest absolute Gasteiger partial charge is 0.107 e. The standard InChI is InChI=1S/C14H20.2C2H6.HI/c1-13(2)9-10-14(3,4)12-8-6-5-7-11(12)13;2*1-2;/h5-8H,9-10H2,1-4H3;2*1-2H3;1H. The van der Waals surface area contributed by atoms with Crippen LogP contribution in [0.2, 0.25) is 0 Å². The lowest BCUT2D eigenvalue weighted by atomic mass is 9.63. The van der Waals surface area contributed by atoms with Gasteiger partial charge in [0.1, 0.15) is 0 Å².